The average molecular weight is 989 g/mol. The van der Waals surface area contributed by atoms with Gasteiger partial charge in [0.05, 0.1) is 32.6 Å². The molecule has 0 amide bonds. The molecule has 0 unspecified atom stereocenters. The molecule has 6 aromatic carbocycles. The van der Waals surface area contributed by atoms with Gasteiger partial charge in [-0.3, -0.25) is 0 Å². The van der Waals surface area contributed by atoms with E-state index in [1.807, 2.05) is 119 Å². The lowest BCUT2D eigenvalue weighted by Gasteiger charge is -2.21. The van der Waals surface area contributed by atoms with E-state index >= 15 is 0 Å². The quantitative estimate of drug-likeness (QED) is 0.128. The highest BCUT2D eigenvalue weighted by Crippen LogP contribution is 2.50. The van der Waals surface area contributed by atoms with E-state index < -0.39 is 32.6 Å². The van der Waals surface area contributed by atoms with Gasteiger partial charge in [0.2, 0.25) is 0 Å². The van der Waals surface area contributed by atoms with Crippen molar-refractivity contribution >= 4 is 54.1 Å². The molecule has 0 aliphatic heterocycles. The first-order valence-corrected chi connectivity index (χ1v) is 30.4. The first-order valence-electron chi connectivity index (χ1n) is 21.8. The summed E-state index contributed by atoms with van der Waals surface area (Å²) in [5, 5.41) is 4.79. The second kappa shape index (κ2) is 48.2. The van der Waals surface area contributed by atoms with Crippen molar-refractivity contribution in [3.05, 3.63) is 121 Å². The first-order chi connectivity index (χ1) is 29.1. The van der Waals surface area contributed by atoms with Gasteiger partial charge in [0, 0.05) is 22.3 Å². The predicted octanol–water partition coefficient (Wildman–Crippen LogP) is 23.1. The summed E-state index contributed by atoms with van der Waals surface area (Å²) in [6.07, 6.45) is 0. The monoisotopic (exact) mass is 989 g/mol. The zero-order chi connectivity index (χ0) is 46.2. The maximum absolute atomic E-state index is 6.33. The largest absolute Gasteiger partial charge is 0.474 e. The van der Waals surface area contributed by atoms with Gasteiger partial charge in [-0.15, -0.1) is 0 Å². The predicted molar refractivity (Wildman–Crippen MR) is 325 cm³/mol. The molecule has 6 rings (SSSR count). The third kappa shape index (κ3) is 26.3. The minimum atomic E-state index is -0.545. The van der Waals surface area contributed by atoms with Crippen LogP contribution in [0.4, 0.5) is 0 Å². The SMILES string of the molecule is C.C.C.C.C.C.CC.CC.CC.CC.CC.CC.CP(C)Oc1ccc2ccccc2c1-c1c(OP(C)C)ccc2ccccc12.CP(C)Oc1ccccc1-c1ccccc1OP(C)C. The Morgan fingerprint density at radius 1 is 0.258 bits per heavy atom. The van der Waals surface area contributed by atoms with Gasteiger partial charge in [0.15, 0.2) is 0 Å². The van der Waals surface area contributed by atoms with Crippen LogP contribution >= 0.6 is 32.6 Å². The molecule has 4 nitrogen and oxygen atoms in total. The van der Waals surface area contributed by atoms with Crippen molar-refractivity contribution in [3.8, 4) is 45.3 Å². The normalized spacial score (nSPS) is 8.73. The van der Waals surface area contributed by atoms with Gasteiger partial charge in [0.25, 0.3) is 0 Å². The van der Waals surface area contributed by atoms with Crippen LogP contribution in [0.2, 0.25) is 0 Å². The Labute approximate surface area is 417 Å². The zero-order valence-electron chi connectivity index (χ0n) is 41.0. The van der Waals surface area contributed by atoms with Crippen LogP contribution in [0.5, 0.6) is 23.0 Å². The summed E-state index contributed by atoms with van der Waals surface area (Å²) < 4.78 is 24.6. The Hall–Kier alpha value is -3.24. The number of fused-ring (bicyclic) bond motifs is 2. The maximum Gasteiger partial charge on any atom is 0.131 e. The number of hydrogen-bond donors (Lipinski definition) is 0. The van der Waals surface area contributed by atoms with Crippen molar-refractivity contribution < 1.29 is 18.1 Å². The third-order valence-electron chi connectivity index (χ3n) is 7.22. The van der Waals surface area contributed by atoms with Crippen LogP contribution < -0.4 is 18.1 Å². The van der Waals surface area contributed by atoms with Gasteiger partial charge < -0.3 is 18.1 Å². The maximum atomic E-state index is 6.33. The Balaban J connectivity index is -0.000000132. The minimum Gasteiger partial charge on any atom is -0.474 e. The average Bonchev–Trinajstić information content (AvgIpc) is 3.28. The van der Waals surface area contributed by atoms with E-state index in [2.05, 4.69) is 138 Å². The standard InChI is InChI=1S/C24H24O2P2.C16H20O2P2.6C2H6.6CH4/c1-27(2)25-21-15-13-17-9-5-7-11-19(17)23(21)24-20-12-8-6-10-18(20)14-16-22(24)26-28(3)4;1-19(2)17-15-11-7-5-9-13(15)14-10-6-8-12-16(14)18-20(3)4;6*1-2;;;;;;/h5-16H,1-4H3;5-12H,1-4H3;6*1-2H3;6*1H4. The molecule has 0 spiro atoms. The lowest BCUT2D eigenvalue weighted by Crippen LogP contribution is -1.95. The summed E-state index contributed by atoms with van der Waals surface area (Å²) in [6, 6.07) is 41.8. The highest BCUT2D eigenvalue weighted by Gasteiger charge is 2.20. The molecular weight excluding hydrogens is 885 g/mol. The van der Waals surface area contributed by atoms with Crippen LogP contribution in [0.15, 0.2) is 121 Å². The molecule has 0 radical (unpaired) electrons. The van der Waals surface area contributed by atoms with Gasteiger partial charge in [-0.1, -0.05) is 225 Å². The van der Waals surface area contributed by atoms with Crippen molar-refractivity contribution in [2.45, 2.75) is 128 Å². The molecule has 0 fully saturated rings. The Morgan fingerprint density at radius 2 is 0.485 bits per heavy atom. The molecule has 0 saturated heterocycles. The summed E-state index contributed by atoms with van der Waals surface area (Å²) in [4.78, 5) is 0. The summed E-state index contributed by atoms with van der Waals surface area (Å²) in [6.45, 7) is 40.9. The fourth-order valence-electron chi connectivity index (χ4n) is 5.50. The van der Waals surface area contributed by atoms with E-state index in [1.165, 1.54) is 21.5 Å². The van der Waals surface area contributed by atoms with E-state index in [0.29, 0.717) is 0 Å². The molecule has 0 N–H and O–H groups in total. The van der Waals surface area contributed by atoms with E-state index in [9.17, 15) is 0 Å². The van der Waals surface area contributed by atoms with Crippen molar-refractivity contribution in [1.82, 2.24) is 0 Å². The van der Waals surface area contributed by atoms with Crippen LogP contribution in [0.1, 0.15) is 128 Å². The van der Waals surface area contributed by atoms with Crippen molar-refractivity contribution in [1.29, 1.82) is 0 Å². The highest BCUT2D eigenvalue weighted by atomic mass is 31.1. The van der Waals surface area contributed by atoms with E-state index in [1.54, 1.807) is 0 Å². The Bertz CT molecular complexity index is 1830. The lowest BCUT2D eigenvalue weighted by atomic mass is 9.92. The number of rotatable bonds is 10. The molecule has 0 bridgehead atoms. The number of para-hydroxylation sites is 2. The summed E-state index contributed by atoms with van der Waals surface area (Å²) >= 11 is 0. The topological polar surface area (TPSA) is 36.9 Å². The molecule has 0 saturated carbocycles. The molecule has 0 aliphatic carbocycles. The van der Waals surface area contributed by atoms with E-state index in [0.717, 1.165) is 45.3 Å². The van der Waals surface area contributed by atoms with Crippen molar-refractivity contribution in [2.75, 3.05) is 53.3 Å². The number of hydrogen-bond acceptors (Lipinski definition) is 4. The van der Waals surface area contributed by atoms with Gasteiger partial charge in [-0.05, 0) is 99.1 Å². The van der Waals surface area contributed by atoms with Crippen LogP contribution in [-0.4, -0.2) is 53.3 Å². The molecular formula is C58H104O4P4. The molecule has 0 aromatic heterocycles. The summed E-state index contributed by atoms with van der Waals surface area (Å²) in [5.41, 5.74) is 4.43. The van der Waals surface area contributed by atoms with Crippen LogP contribution in [-0.2, 0) is 0 Å². The fraction of sp³-hybridized carbons (Fsp3) is 0.448. The molecule has 6 aromatic rings. The highest BCUT2D eigenvalue weighted by molar-refractivity contribution is 7.52. The molecule has 0 heterocycles. The molecule has 66 heavy (non-hydrogen) atoms. The molecule has 0 atom stereocenters. The Kier molecular flexibility index (Phi) is 58.3. The van der Waals surface area contributed by atoms with E-state index in [4.69, 9.17) is 18.1 Å². The fourth-order valence-corrected chi connectivity index (χ4v) is 7.69. The van der Waals surface area contributed by atoms with Crippen LogP contribution in [0, 0.1) is 0 Å². The Morgan fingerprint density at radius 3 is 0.758 bits per heavy atom. The second-order valence-corrected chi connectivity index (χ2v) is 19.2. The van der Waals surface area contributed by atoms with Crippen molar-refractivity contribution in [2.24, 2.45) is 0 Å². The number of benzene rings is 6. The van der Waals surface area contributed by atoms with E-state index in [-0.39, 0.29) is 44.6 Å². The van der Waals surface area contributed by atoms with Gasteiger partial charge in [-0.25, -0.2) is 0 Å². The van der Waals surface area contributed by atoms with Crippen LogP contribution in [0.3, 0.4) is 0 Å². The van der Waals surface area contributed by atoms with Crippen LogP contribution in [0.25, 0.3) is 43.8 Å². The summed E-state index contributed by atoms with van der Waals surface area (Å²) in [7, 11) is -1.98. The zero-order valence-corrected chi connectivity index (χ0v) is 44.5. The smallest absolute Gasteiger partial charge is 0.131 e. The minimum absolute atomic E-state index is 0. The third-order valence-corrected chi connectivity index (χ3v) is 9.47. The molecule has 0 aliphatic rings. The van der Waals surface area contributed by atoms with Gasteiger partial charge >= 0.3 is 0 Å². The van der Waals surface area contributed by atoms with Gasteiger partial charge in [-0.2, -0.15) is 0 Å². The van der Waals surface area contributed by atoms with Crippen molar-refractivity contribution in [3.63, 3.8) is 0 Å². The molecule has 380 valence electrons. The first kappa shape index (κ1) is 79.8. The molecule has 8 heteroatoms. The second-order valence-electron chi connectivity index (χ2n) is 11.9. The summed E-state index contributed by atoms with van der Waals surface area (Å²) in [5.74, 6) is 3.70. The van der Waals surface area contributed by atoms with Gasteiger partial charge in [0.1, 0.15) is 23.0 Å². The lowest BCUT2D eigenvalue weighted by molar-refractivity contribution is 0.616.